The molecule has 0 aliphatic carbocycles. The number of pyridine rings is 1. The summed E-state index contributed by atoms with van der Waals surface area (Å²) in [6.07, 6.45) is -2.50. The minimum Gasteiger partial charge on any atom is -0.265 e. The Morgan fingerprint density at radius 3 is 2.25 bits per heavy atom. The Morgan fingerprint density at radius 1 is 1.04 bits per heavy atom. The third-order valence-corrected chi connectivity index (χ3v) is 4.08. The number of hydroxylamine groups is 1. The van der Waals surface area contributed by atoms with Crippen LogP contribution in [0.3, 0.4) is 0 Å². The third-order valence-electron chi connectivity index (χ3n) is 3.42. The molecule has 9 heteroatoms. The van der Waals surface area contributed by atoms with Crippen LogP contribution in [0.4, 0.5) is 13.2 Å². The monoisotopic (exact) mass is 394 g/mol. The molecular formula is C15H8Cl3F3N2O. The van der Waals surface area contributed by atoms with Crippen LogP contribution < -0.4 is 5.48 Å². The van der Waals surface area contributed by atoms with E-state index in [1.807, 2.05) is 0 Å². The van der Waals surface area contributed by atoms with Crippen molar-refractivity contribution in [1.82, 2.24) is 10.5 Å². The van der Waals surface area contributed by atoms with Crippen molar-refractivity contribution in [3.8, 4) is 0 Å². The molecule has 0 bridgehead atoms. The van der Waals surface area contributed by atoms with Gasteiger partial charge in [-0.25, -0.2) is 4.98 Å². The van der Waals surface area contributed by atoms with Gasteiger partial charge in [0.05, 0.1) is 5.70 Å². The topological polar surface area (TPSA) is 34.2 Å². The SMILES string of the molecule is FC(F)(F)C1(c2cc(Cl)cc(Cl)c2)C=C(c2ccc(Cl)nc2)NO1. The van der Waals surface area contributed by atoms with E-state index in [0.29, 0.717) is 5.56 Å². The van der Waals surface area contributed by atoms with Crippen molar-refractivity contribution >= 4 is 40.5 Å². The lowest BCUT2D eigenvalue weighted by atomic mass is 9.92. The standard InChI is InChI=1S/C15H8Cl3F3N2O/c16-10-3-9(4-11(17)5-10)14(15(19,20)21)6-12(23-24-14)8-1-2-13(18)22-7-8/h1-7,23H. The van der Waals surface area contributed by atoms with Crippen molar-refractivity contribution in [2.45, 2.75) is 11.8 Å². The van der Waals surface area contributed by atoms with Gasteiger partial charge in [-0.1, -0.05) is 34.8 Å². The molecule has 1 unspecified atom stereocenters. The normalized spacial score (nSPS) is 20.7. The van der Waals surface area contributed by atoms with E-state index in [4.69, 9.17) is 39.6 Å². The number of rotatable bonds is 2. The van der Waals surface area contributed by atoms with Crippen LogP contribution in [-0.4, -0.2) is 11.2 Å². The maximum atomic E-state index is 13.8. The van der Waals surface area contributed by atoms with Gasteiger partial charge in [0, 0.05) is 27.4 Å². The lowest BCUT2D eigenvalue weighted by Crippen LogP contribution is -2.42. The van der Waals surface area contributed by atoms with Crippen LogP contribution in [0, 0.1) is 0 Å². The first-order valence-electron chi connectivity index (χ1n) is 6.53. The lowest BCUT2D eigenvalue weighted by Gasteiger charge is -2.28. The highest BCUT2D eigenvalue weighted by Crippen LogP contribution is 2.48. The Balaban J connectivity index is 2.13. The van der Waals surface area contributed by atoms with Gasteiger partial charge in [-0.3, -0.25) is 10.3 Å². The van der Waals surface area contributed by atoms with Crippen molar-refractivity contribution in [1.29, 1.82) is 0 Å². The zero-order chi connectivity index (χ0) is 17.5. The Morgan fingerprint density at radius 2 is 1.71 bits per heavy atom. The fraction of sp³-hybridized carbons (Fsp3) is 0.133. The Bertz CT molecular complexity index is 788. The summed E-state index contributed by atoms with van der Waals surface area (Å²) in [5.41, 5.74) is -0.174. The van der Waals surface area contributed by atoms with Gasteiger partial charge < -0.3 is 0 Å². The summed E-state index contributed by atoms with van der Waals surface area (Å²) >= 11 is 17.4. The van der Waals surface area contributed by atoms with Crippen molar-refractivity contribution in [2.75, 3.05) is 0 Å². The van der Waals surface area contributed by atoms with E-state index < -0.39 is 11.8 Å². The molecular weight excluding hydrogens is 388 g/mol. The maximum absolute atomic E-state index is 13.8. The van der Waals surface area contributed by atoms with Crippen LogP contribution >= 0.6 is 34.8 Å². The molecule has 0 radical (unpaired) electrons. The van der Waals surface area contributed by atoms with E-state index >= 15 is 0 Å². The smallest absolute Gasteiger partial charge is 0.265 e. The summed E-state index contributed by atoms with van der Waals surface area (Å²) in [6.45, 7) is 0. The van der Waals surface area contributed by atoms with E-state index in [1.165, 1.54) is 24.4 Å². The molecule has 0 amide bonds. The molecule has 2 heterocycles. The molecule has 1 aliphatic rings. The highest BCUT2D eigenvalue weighted by molar-refractivity contribution is 6.34. The van der Waals surface area contributed by atoms with Gasteiger partial charge in [-0.2, -0.15) is 13.2 Å². The number of benzene rings is 1. The number of hydrogen-bond acceptors (Lipinski definition) is 3. The van der Waals surface area contributed by atoms with Gasteiger partial charge >= 0.3 is 6.18 Å². The van der Waals surface area contributed by atoms with Gasteiger partial charge in [0.1, 0.15) is 5.15 Å². The molecule has 1 aromatic carbocycles. The maximum Gasteiger partial charge on any atom is 0.428 e. The van der Waals surface area contributed by atoms with Crippen molar-refractivity contribution in [3.05, 3.63) is 68.9 Å². The van der Waals surface area contributed by atoms with Crippen LogP contribution in [0.5, 0.6) is 0 Å². The molecule has 3 rings (SSSR count). The molecule has 1 aliphatic heterocycles. The van der Waals surface area contributed by atoms with E-state index in [2.05, 4.69) is 10.5 Å². The molecule has 1 aromatic heterocycles. The molecule has 2 aromatic rings. The van der Waals surface area contributed by atoms with Gasteiger partial charge in [0.2, 0.25) is 5.60 Å². The Hall–Kier alpha value is -1.47. The van der Waals surface area contributed by atoms with Crippen LogP contribution in [0.1, 0.15) is 11.1 Å². The van der Waals surface area contributed by atoms with Crippen molar-refractivity contribution in [2.24, 2.45) is 0 Å². The number of alkyl halides is 3. The highest BCUT2D eigenvalue weighted by atomic mass is 35.5. The average Bonchev–Trinajstić information content (AvgIpc) is 2.93. The second-order valence-corrected chi connectivity index (χ2v) is 6.28. The average molecular weight is 396 g/mol. The summed E-state index contributed by atoms with van der Waals surface area (Å²) in [6, 6.07) is 6.63. The molecule has 1 atom stereocenters. The third kappa shape index (κ3) is 3.07. The van der Waals surface area contributed by atoms with Gasteiger partial charge in [-0.05, 0) is 36.4 Å². The second-order valence-electron chi connectivity index (χ2n) is 5.02. The highest BCUT2D eigenvalue weighted by Gasteiger charge is 2.59. The van der Waals surface area contributed by atoms with Crippen LogP contribution in [-0.2, 0) is 10.4 Å². The lowest BCUT2D eigenvalue weighted by molar-refractivity contribution is -0.269. The molecule has 0 saturated carbocycles. The molecule has 0 spiro atoms. The van der Waals surface area contributed by atoms with E-state index in [-0.39, 0.29) is 26.5 Å². The molecule has 0 saturated heterocycles. The Labute approximate surface area is 149 Å². The fourth-order valence-corrected chi connectivity index (χ4v) is 2.93. The largest absolute Gasteiger partial charge is 0.428 e. The van der Waals surface area contributed by atoms with Crippen molar-refractivity contribution in [3.63, 3.8) is 0 Å². The summed E-state index contributed by atoms with van der Waals surface area (Å²) in [5, 5.41) is 0.362. The van der Waals surface area contributed by atoms with Crippen molar-refractivity contribution < 1.29 is 18.0 Å². The van der Waals surface area contributed by atoms with Crippen LogP contribution in [0.25, 0.3) is 5.70 Å². The number of halogens is 6. The molecule has 1 N–H and O–H groups in total. The molecule has 3 nitrogen and oxygen atoms in total. The van der Waals surface area contributed by atoms with Gasteiger partial charge in [-0.15, -0.1) is 0 Å². The molecule has 126 valence electrons. The van der Waals surface area contributed by atoms with Gasteiger partial charge in [0.15, 0.2) is 0 Å². The molecule has 0 fully saturated rings. The summed E-state index contributed by atoms with van der Waals surface area (Å²) in [4.78, 5) is 8.79. The first-order valence-corrected chi connectivity index (χ1v) is 7.67. The number of nitrogens with one attached hydrogen (secondary N) is 1. The van der Waals surface area contributed by atoms with Crippen LogP contribution in [0.15, 0.2) is 42.6 Å². The first kappa shape index (κ1) is 17.4. The minimum atomic E-state index is -4.75. The van der Waals surface area contributed by atoms with Gasteiger partial charge in [0.25, 0.3) is 0 Å². The zero-order valence-corrected chi connectivity index (χ0v) is 13.9. The minimum absolute atomic E-state index is 0.0692. The summed E-state index contributed by atoms with van der Waals surface area (Å²) < 4.78 is 41.4. The van der Waals surface area contributed by atoms with E-state index in [9.17, 15) is 13.2 Å². The van der Waals surface area contributed by atoms with E-state index in [0.717, 1.165) is 18.2 Å². The summed E-state index contributed by atoms with van der Waals surface area (Å²) in [5.74, 6) is 0. The van der Waals surface area contributed by atoms with Crippen LogP contribution in [0.2, 0.25) is 15.2 Å². The second kappa shape index (κ2) is 6.11. The quantitative estimate of drug-likeness (QED) is 0.694. The Kier molecular flexibility index (Phi) is 4.42. The van der Waals surface area contributed by atoms with E-state index in [1.54, 1.807) is 0 Å². The first-order chi connectivity index (χ1) is 11.2. The fourth-order valence-electron chi connectivity index (χ4n) is 2.29. The summed E-state index contributed by atoms with van der Waals surface area (Å²) in [7, 11) is 0. The number of hydrogen-bond donors (Lipinski definition) is 1. The number of aromatic nitrogens is 1. The predicted molar refractivity (Wildman–Crippen MR) is 85.6 cm³/mol. The zero-order valence-electron chi connectivity index (χ0n) is 11.7. The molecule has 24 heavy (non-hydrogen) atoms. The predicted octanol–water partition coefficient (Wildman–Crippen LogP) is 5.38. The number of nitrogens with zero attached hydrogens (tertiary/aromatic N) is 1.